The summed E-state index contributed by atoms with van der Waals surface area (Å²) in [6, 6.07) is 0. The summed E-state index contributed by atoms with van der Waals surface area (Å²) in [4.78, 5) is 0. The zero-order chi connectivity index (χ0) is 19.4. The molecule has 0 aliphatic heterocycles. The van der Waals surface area contributed by atoms with E-state index in [0.717, 1.165) is 38.7 Å². The normalized spacial score (nSPS) is 30.5. The predicted molar refractivity (Wildman–Crippen MR) is 109 cm³/mol. The number of nitrogens with one attached hydrogen (secondary N) is 1. The second kappa shape index (κ2) is 13.5. The van der Waals surface area contributed by atoms with Gasteiger partial charge in [0.1, 0.15) is 0 Å². The van der Waals surface area contributed by atoms with Gasteiger partial charge in [0, 0.05) is 12.5 Å². The molecule has 0 unspecified atom stereocenters. The molecule has 2 aliphatic carbocycles. The molecule has 2 aliphatic rings. The van der Waals surface area contributed by atoms with Gasteiger partial charge in [-0.15, -0.1) is 0 Å². The van der Waals surface area contributed by atoms with Gasteiger partial charge < -0.3 is 20.3 Å². The highest BCUT2D eigenvalue weighted by atomic mass is 16.5. The van der Waals surface area contributed by atoms with Crippen LogP contribution in [0.2, 0.25) is 0 Å². The highest BCUT2D eigenvalue weighted by Gasteiger charge is 2.44. The first kappa shape index (κ1) is 23.4. The SMILES string of the molecule is CCCCC[C@H](O)C=C[C@@H]1[C@H]2CC(=CCOCC)C[C@H]2C[C@H]1O.CNC. The Kier molecular flexibility index (Phi) is 12.1. The van der Waals surface area contributed by atoms with Crippen molar-refractivity contribution in [1.29, 1.82) is 0 Å². The number of aliphatic hydroxyl groups excluding tert-OH is 2. The van der Waals surface area contributed by atoms with E-state index in [1.54, 1.807) is 0 Å². The molecule has 2 fully saturated rings. The molecule has 0 amide bonds. The van der Waals surface area contributed by atoms with E-state index in [4.69, 9.17) is 4.74 Å². The van der Waals surface area contributed by atoms with Crippen molar-refractivity contribution in [1.82, 2.24) is 5.32 Å². The van der Waals surface area contributed by atoms with Gasteiger partial charge in [0.25, 0.3) is 0 Å². The molecule has 4 heteroatoms. The maximum absolute atomic E-state index is 10.3. The summed E-state index contributed by atoms with van der Waals surface area (Å²) in [6.07, 6.45) is 13.0. The van der Waals surface area contributed by atoms with Gasteiger partial charge in [-0.25, -0.2) is 0 Å². The van der Waals surface area contributed by atoms with Crippen LogP contribution < -0.4 is 5.32 Å². The minimum atomic E-state index is -0.359. The Labute approximate surface area is 160 Å². The summed E-state index contributed by atoms with van der Waals surface area (Å²) >= 11 is 0. The molecule has 5 atom stereocenters. The minimum absolute atomic E-state index is 0.207. The first-order valence-electron chi connectivity index (χ1n) is 10.5. The lowest BCUT2D eigenvalue weighted by Gasteiger charge is -2.17. The second-order valence-electron chi connectivity index (χ2n) is 7.68. The van der Waals surface area contributed by atoms with Crippen molar-refractivity contribution in [2.45, 2.75) is 71.0 Å². The van der Waals surface area contributed by atoms with E-state index < -0.39 is 0 Å². The van der Waals surface area contributed by atoms with Gasteiger partial charge in [0.2, 0.25) is 0 Å². The number of unbranched alkanes of at least 4 members (excludes halogenated alkanes) is 2. The summed E-state index contributed by atoms with van der Waals surface area (Å²) in [6.45, 7) is 5.67. The van der Waals surface area contributed by atoms with Crippen LogP contribution in [0.4, 0.5) is 0 Å². The zero-order valence-electron chi connectivity index (χ0n) is 17.3. The van der Waals surface area contributed by atoms with Crippen LogP contribution in [0.1, 0.15) is 58.8 Å². The number of hydrogen-bond donors (Lipinski definition) is 3. The molecule has 2 saturated carbocycles. The molecular weight excluding hydrogens is 326 g/mol. The van der Waals surface area contributed by atoms with Gasteiger partial charge in [-0.3, -0.25) is 0 Å². The summed E-state index contributed by atoms with van der Waals surface area (Å²) < 4.78 is 5.42. The fourth-order valence-electron chi connectivity index (χ4n) is 4.19. The van der Waals surface area contributed by atoms with Crippen molar-refractivity contribution >= 4 is 0 Å². The molecule has 4 nitrogen and oxygen atoms in total. The van der Waals surface area contributed by atoms with Crippen LogP contribution in [-0.4, -0.2) is 49.7 Å². The Bertz CT molecular complexity index is 422. The summed E-state index contributed by atoms with van der Waals surface area (Å²) in [7, 11) is 3.75. The highest BCUT2D eigenvalue weighted by molar-refractivity contribution is 5.18. The first-order chi connectivity index (χ1) is 12.6. The highest BCUT2D eigenvalue weighted by Crippen LogP contribution is 2.50. The number of rotatable bonds is 9. The molecule has 0 aromatic carbocycles. The van der Waals surface area contributed by atoms with Crippen molar-refractivity contribution in [3.63, 3.8) is 0 Å². The quantitative estimate of drug-likeness (QED) is 0.430. The molecule has 0 spiro atoms. The van der Waals surface area contributed by atoms with E-state index in [1.807, 2.05) is 27.1 Å². The van der Waals surface area contributed by atoms with Gasteiger partial charge in [-0.1, -0.05) is 50.0 Å². The van der Waals surface area contributed by atoms with Gasteiger partial charge in [-0.05, 0) is 58.5 Å². The van der Waals surface area contributed by atoms with Crippen LogP contribution in [0, 0.1) is 17.8 Å². The van der Waals surface area contributed by atoms with Gasteiger partial charge in [-0.2, -0.15) is 0 Å². The number of allylic oxidation sites excluding steroid dienone is 1. The summed E-state index contributed by atoms with van der Waals surface area (Å²) in [5, 5.41) is 23.2. The molecule has 0 heterocycles. The first-order valence-corrected chi connectivity index (χ1v) is 10.5. The van der Waals surface area contributed by atoms with Crippen molar-refractivity contribution in [2.24, 2.45) is 17.8 Å². The molecule has 0 aromatic rings. The van der Waals surface area contributed by atoms with E-state index in [2.05, 4.69) is 24.4 Å². The zero-order valence-corrected chi connectivity index (χ0v) is 17.3. The molecule has 0 aromatic heterocycles. The fraction of sp³-hybridized carbons (Fsp3) is 0.818. The number of hydrogen-bond acceptors (Lipinski definition) is 4. The minimum Gasteiger partial charge on any atom is -0.392 e. The number of ether oxygens (including phenoxy) is 1. The van der Waals surface area contributed by atoms with Crippen LogP contribution in [0.5, 0.6) is 0 Å². The van der Waals surface area contributed by atoms with Crippen molar-refractivity contribution in [2.75, 3.05) is 27.3 Å². The van der Waals surface area contributed by atoms with Crippen molar-refractivity contribution < 1.29 is 14.9 Å². The third-order valence-electron chi connectivity index (χ3n) is 5.46. The largest absolute Gasteiger partial charge is 0.392 e. The molecule has 152 valence electrons. The third-order valence-corrected chi connectivity index (χ3v) is 5.46. The van der Waals surface area contributed by atoms with E-state index >= 15 is 0 Å². The maximum Gasteiger partial charge on any atom is 0.0721 e. The predicted octanol–water partition coefficient (Wildman–Crippen LogP) is 3.69. The number of fused-ring (bicyclic) bond motifs is 1. The summed E-state index contributed by atoms with van der Waals surface area (Å²) in [5.41, 5.74) is 1.49. The molecule has 26 heavy (non-hydrogen) atoms. The average Bonchev–Trinajstić information content (AvgIpc) is 3.11. The van der Waals surface area contributed by atoms with Crippen LogP contribution >= 0.6 is 0 Å². The molecule has 0 saturated heterocycles. The van der Waals surface area contributed by atoms with Crippen LogP contribution in [0.15, 0.2) is 23.8 Å². The van der Waals surface area contributed by atoms with Crippen molar-refractivity contribution in [3.05, 3.63) is 23.8 Å². The lowest BCUT2D eigenvalue weighted by atomic mass is 9.90. The lowest BCUT2D eigenvalue weighted by molar-refractivity contribution is 0.139. The van der Waals surface area contributed by atoms with Gasteiger partial charge in [0.15, 0.2) is 0 Å². The van der Waals surface area contributed by atoms with Gasteiger partial charge in [0.05, 0.1) is 18.8 Å². The standard InChI is InChI=1S/C20H34O3.C2H7N/c1-3-5-6-7-17(21)8-9-18-19-13-15(10-11-23-4-2)12-16(19)14-20(18)22;1-3-2/h8-10,16-22H,3-7,11-14H2,1-2H3;3H,1-2H3/t16-,17-,18+,19-,20+;/m0./s1. The molecule has 2 rings (SSSR count). The Morgan fingerprint density at radius 1 is 1.23 bits per heavy atom. The van der Waals surface area contributed by atoms with Crippen LogP contribution in [0.3, 0.4) is 0 Å². The molecular formula is C22H41NO3. The van der Waals surface area contributed by atoms with E-state index in [0.29, 0.717) is 18.4 Å². The monoisotopic (exact) mass is 367 g/mol. The topological polar surface area (TPSA) is 61.7 Å². The van der Waals surface area contributed by atoms with Gasteiger partial charge >= 0.3 is 0 Å². The molecule has 0 radical (unpaired) electrons. The van der Waals surface area contributed by atoms with Crippen LogP contribution in [-0.2, 0) is 4.74 Å². The lowest BCUT2D eigenvalue weighted by Crippen LogP contribution is -2.17. The van der Waals surface area contributed by atoms with E-state index in [-0.39, 0.29) is 18.1 Å². The van der Waals surface area contributed by atoms with Crippen molar-refractivity contribution in [3.8, 4) is 0 Å². The number of aliphatic hydroxyl groups is 2. The molecule has 0 bridgehead atoms. The van der Waals surface area contributed by atoms with Crippen LogP contribution in [0.25, 0.3) is 0 Å². The maximum atomic E-state index is 10.3. The summed E-state index contributed by atoms with van der Waals surface area (Å²) in [5.74, 6) is 1.35. The third kappa shape index (κ3) is 7.91. The smallest absolute Gasteiger partial charge is 0.0721 e. The fourth-order valence-corrected chi connectivity index (χ4v) is 4.19. The second-order valence-corrected chi connectivity index (χ2v) is 7.68. The Morgan fingerprint density at radius 3 is 2.62 bits per heavy atom. The Balaban J connectivity index is 0.00000105. The van der Waals surface area contributed by atoms with E-state index in [9.17, 15) is 10.2 Å². The average molecular weight is 368 g/mol. The Morgan fingerprint density at radius 2 is 1.96 bits per heavy atom. The molecule has 3 N–H and O–H groups in total. The van der Waals surface area contributed by atoms with E-state index in [1.165, 1.54) is 18.4 Å². The Hall–Kier alpha value is -0.680.